The third-order valence-corrected chi connectivity index (χ3v) is 4.75. The van der Waals surface area contributed by atoms with E-state index in [1.807, 2.05) is 24.3 Å². The summed E-state index contributed by atoms with van der Waals surface area (Å²) in [6, 6.07) is 17.5. The monoisotopic (exact) mass is 442 g/mol. The van der Waals surface area contributed by atoms with Crippen molar-refractivity contribution in [1.82, 2.24) is 15.0 Å². The molecule has 1 aromatic heterocycles. The molecule has 4 aromatic rings. The molecule has 4 rings (SSSR count). The van der Waals surface area contributed by atoms with Crippen LogP contribution in [-0.2, 0) is 4.79 Å². The van der Waals surface area contributed by atoms with E-state index >= 15 is 0 Å². The van der Waals surface area contributed by atoms with Crippen LogP contribution in [0.15, 0.2) is 60.7 Å². The van der Waals surface area contributed by atoms with E-state index in [4.69, 9.17) is 32.7 Å². The average Bonchev–Trinajstić information content (AvgIpc) is 3.16. The van der Waals surface area contributed by atoms with Crippen LogP contribution in [0.4, 0.5) is 5.69 Å². The quantitative estimate of drug-likeness (QED) is 0.465. The third-order valence-electron chi connectivity index (χ3n) is 4.22. The molecule has 0 unspecified atom stereocenters. The Labute approximate surface area is 182 Å². The number of aromatic nitrogens is 3. The highest BCUT2D eigenvalue weighted by molar-refractivity contribution is 6.35. The number of benzene rings is 3. The molecule has 0 aliphatic carbocycles. The van der Waals surface area contributed by atoms with Gasteiger partial charge in [0, 0.05) is 10.7 Å². The normalized spacial score (nSPS) is 10.8. The predicted octanol–water partition coefficient (Wildman–Crippen LogP) is 4.75. The lowest BCUT2D eigenvalue weighted by molar-refractivity contribution is -0.118. The van der Waals surface area contributed by atoms with Gasteiger partial charge in [-0.1, -0.05) is 23.2 Å². The highest BCUT2D eigenvalue weighted by Crippen LogP contribution is 2.27. The summed E-state index contributed by atoms with van der Waals surface area (Å²) < 4.78 is 10.6. The predicted molar refractivity (Wildman–Crippen MR) is 116 cm³/mol. The second-order valence-corrected chi connectivity index (χ2v) is 7.15. The molecular weight excluding hydrogens is 427 g/mol. The summed E-state index contributed by atoms with van der Waals surface area (Å²) in [5.74, 6) is 0.805. The minimum atomic E-state index is -0.331. The van der Waals surface area contributed by atoms with E-state index in [0.717, 1.165) is 11.4 Å². The Balaban J connectivity index is 1.44. The van der Waals surface area contributed by atoms with Crippen LogP contribution in [0, 0.1) is 0 Å². The number of hydrogen-bond acceptors (Lipinski definition) is 5. The van der Waals surface area contributed by atoms with Crippen LogP contribution in [0.5, 0.6) is 11.5 Å². The van der Waals surface area contributed by atoms with E-state index in [9.17, 15) is 4.79 Å². The van der Waals surface area contributed by atoms with Crippen molar-refractivity contribution in [2.24, 2.45) is 0 Å². The first-order valence-corrected chi connectivity index (χ1v) is 9.66. The molecule has 0 atom stereocenters. The number of methoxy groups -OCH3 is 1. The van der Waals surface area contributed by atoms with Crippen LogP contribution in [0.25, 0.3) is 16.7 Å². The molecule has 0 bridgehead atoms. The van der Waals surface area contributed by atoms with Crippen LogP contribution in [0.1, 0.15) is 0 Å². The lowest BCUT2D eigenvalue weighted by Gasteiger charge is -2.09. The van der Waals surface area contributed by atoms with Crippen molar-refractivity contribution < 1.29 is 14.3 Å². The van der Waals surface area contributed by atoms with Crippen molar-refractivity contribution in [1.29, 1.82) is 0 Å². The van der Waals surface area contributed by atoms with Gasteiger partial charge in [0.1, 0.15) is 22.5 Å². The summed E-state index contributed by atoms with van der Waals surface area (Å²) in [4.78, 5) is 13.8. The van der Waals surface area contributed by atoms with Gasteiger partial charge in [0.05, 0.1) is 17.8 Å². The summed E-state index contributed by atoms with van der Waals surface area (Å²) in [5, 5.41) is 12.5. The Hall–Kier alpha value is -3.29. The maximum Gasteiger partial charge on any atom is 0.262 e. The van der Waals surface area contributed by atoms with Gasteiger partial charge in [-0.2, -0.15) is 4.80 Å². The van der Waals surface area contributed by atoms with Gasteiger partial charge >= 0.3 is 0 Å². The van der Waals surface area contributed by atoms with Crippen molar-refractivity contribution in [3.05, 3.63) is 70.7 Å². The molecule has 0 fully saturated rings. The molecule has 1 N–H and O–H groups in total. The number of hydrogen-bond donors (Lipinski definition) is 1. The van der Waals surface area contributed by atoms with Gasteiger partial charge in [-0.15, -0.1) is 10.2 Å². The van der Waals surface area contributed by atoms with Crippen molar-refractivity contribution in [2.75, 3.05) is 19.0 Å². The van der Waals surface area contributed by atoms with Crippen molar-refractivity contribution in [2.45, 2.75) is 0 Å². The van der Waals surface area contributed by atoms with Crippen molar-refractivity contribution in [3.63, 3.8) is 0 Å². The Bertz CT molecular complexity index is 1210. The number of carbonyl (C=O) groups is 1. The maximum absolute atomic E-state index is 12.2. The summed E-state index contributed by atoms with van der Waals surface area (Å²) in [6.45, 7) is -0.196. The fraction of sp³-hybridized carbons (Fsp3) is 0.0952. The molecule has 9 heteroatoms. The number of fused-ring (bicyclic) bond motifs is 1. The number of halogens is 2. The zero-order chi connectivity index (χ0) is 21.1. The van der Waals surface area contributed by atoms with E-state index in [1.165, 1.54) is 4.80 Å². The summed E-state index contributed by atoms with van der Waals surface area (Å²) in [7, 11) is 1.61. The Kier molecular flexibility index (Phi) is 5.74. The maximum atomic E-state index is 12.2. The highest BCUT2D eigenvalue weighted by Gasteiger charge is 2.10. The zero-order valence-electron chi connectivity index (χ0n) is 15.8. The topological polar surface area (TPSA) is 78.3 Å². The molecule has 152 valence electrons. The molecule has 0 saturated carbocycles. The van der Waals surface area contributed by atoms with Gasteiger partial charge < -0.3 is 14.8 Å². The molecule has 0 saturated heterocycles. The molecule has 3 aromatic carbocycles. The van der Waals surface area contributed by atoms with Crippen LogP contribution in [-0.4, -0.2) is 34.6 Å². The van der Waals surface area contributed by atoms with Crippen molar-refractivity contribution in [3.8, 4) is 17.2 Å². The first-order valence-electron chi connectivity index (χ1n) is 8.91. The van der Waals surface area contributed by atoms with Crippen LogP contribution in [0.2, 0.25) is 10.0 Å². The largest absolute Gasteiger partial charge is 0.497 e. The first-order chi connectivity index (χ1) is 14.5. The van der Waals surface area contributed by atoms with E-state index in [2.05, 4.69) is 15.5 Å². The molecule has 1 heterocycles. The van der Waals surface area contributed by atoms with E-state index < -0.39 is 0 Å². The second kappa shape index (κ2) is 8.61. The Morgan fingerprint density at radius 3 is 2.50 bits per heavy atom. The second-order valence-electron chi connectivity index (χ2n) is 6.30. The fourth-order valence-corrected chi connectivity index (χ4v) is 3.22. The minimum Gasteiger partial charge on any atom is -0.497 e. The van der Waals surface area contributed by atoms with E-state index in [-0.39, 0.29) is 12.5 Å². The fourth-order valence-electron chi connectivity index (χ4n) is 2.76. The molecule has 0 aliphatic heterocycles. The Morgan fingerprint density at radius 1 is 1.00 bits per heavy atom. The Morgan fingerprint density at radius 2 is 1.77 bits per heavy atom. The highest BCUT2D eigenvalue weighted by atomic mass is 35.5. The van der Waals surface area contributed by atoms with Crippen LogP contribution in [0.3, 0.4) is 0 Å². The molecule has 0 radical (unpaired) electrons. The van der Waals surface area contributed by atoms with Crippen molar-refractivity contribution >= 4 is 45.8 Å². The summed E-state index contributed by atoms with van der Waals surface area (Å²) >= 11 is 11.9. The van der Waals surface area contributed by atoms with Gasteiger partial charge in [-0.25, -0.2) is 0 Å². The van der Waals surface area contributed by atoms with Gasteiger partial charge in [0.25, 0.3) is 5.91 Å². The third kappa shape index (κ3) is 4.48. The zero-order valence-corrected chi connectivity index (χ0v) is 17.3. The standard InChI is InChI=1S/C21H16Cl2N4O3/c1-29-16-6-4-15(5-7-16)27-25-18-8-3-14(11-19(18)26-27)24-21(28)12-30-20-9-2-13(22)10-17(20)23/h2-11H,12H2,1H3,(H,24,28). The number of nitrogens with one attached hydrogen (secondary N) is 1. The van der Waals surface area contributed by atoms with Gasteiger partial charge in [0.2, 0.25) is 0 Å². The van der Waals surface area contributed by atoms with Gasteiger partial charge in [0.15, 0.2) is 6.61 Å². The molecule has 0 aliphatic rings. The first kappa shape index (κ1) is 20.0. The molecule has 7 nitrogen and oxygen atoms in total. The average molecular weight is 443 g/mol. The summed E-state index contributed by atoms with van der Waals surface area (Å²) in [6.07, 6.45) is 0. The molecule has 1 amide bonds. The molecular formula is C21H16Cl2N4O3. The smallest absolute Gasteiger partial charge is 0.262 e. The number of nitrogens with zero attached hydrogens (tertiary/aromatic N) is 3. The van der Waals surface area contributed by atoms with E-state index in [0.29, 0.717) is 32.5 Å². The number of carbonyl (C=O) groups excluding carboxylic acids is 1. The molecule has 0 spiro atoms. The number of anilines is 1. The SMILES string of the molecule is COc1ccc(-n2nc3ccc(NC(=O)COc4ccc(Cl)cc4Cl)cc3n2)cc1. The van der Waals surface area contributed by atoms with Crippen LogP contribution < -0.4 is 14.8 Å². The van der Waals surface area contributed by atoms with E-state index in [1.54, 1.807) is 43.5 Å². The number of ether oxygens (including phenoxy) is 2. The number of amides is 1. The van der Waals surface area contributed by atoms with Gasteiger partial charge in [-0.05, 0) is 60.7 Å². The van der Waals surface area contributed by atoms with Crippen LogP contribution >= 0.6 is 23.2 Å². The summed E-state index contributed by atoms with van der Waals surface area (Å²) in [5.41, 5.74) is 2.73. The lowest BCUT2D eigenvalue weighted by atomic mass is 10.3. The molecule has 30 heavy (non-hydrogen) atoms. The minimum absolute atomic E-state index is 0.196. The number of rotatable bonds is 6. The lowest BCUT2D eigenvalue weighted by Crippen LogP contribution is -2.20. The van der Waals surface area contributed by atoms with Gasteiger partial charge in [-0.3, -0.25) is 4.79 Å².